The Morgan fingerprint density at radius 2 is 2.06 bits per heavy atom. The van der Waals surface area contributed by atoms with Gasteiger partial charge in [0.15, 0.2) is 0 Å². The Balaban J connectivity index is 2.10. The van der Waals surface area contributed by atoms with Crippen LogP contribution in [0, 0.1) is 5.92 Å². The number of rotatable bonds is 8. The van der Waals surface area contributed by atoms with Gasteiger partial charge in [0.05, 0.1) is 25.4 Å². The number of hydrogen-bond donors (Lipinski definition) is 3. The first-order chi connectivity index (χ1) is 7.76. The van der Waals surface area contributed by atoms with Crippen LogP contribution < -0.4 is 5.32 Å². The zero-order chi connectivity index (χ0) is 11.8. The molecule has 1 aliphatic carbocycles. The average Bonchev–Trinajstić information content (AvgIpc) is 2.76. The third-order valence-corrected chi connectivity index (χ3v) is 3.31. The third-order valence-electron chi connectivity index (χ3n) is 3.31. The van der Waals surface area contributed by atoms with E-state index in [-0.39, 0.29) is 18.8 Å². The summed E-state index contributed by atoms with van der Waals surface area (Å²) in [6.07, 6.45) is 5.74. The molecular formula is C12H25NO3. The summed E-state index contributed by atoms with van der Waals surface area (Å²) in [4.78, 5) is 0. The maximum atomic E-state index is 9.84. The van der Waals surface area contributed by atoms with Gasteiger partial charge in [-0.05, 0) is 12.3 Å². The van der Waals surface area contributed by atoms with Crippen molar-refractivity contribution in [1.82, 2.24) is 5.32 Å². The fraction of sp³-hybridized carbons (Fsp3) is 1.00. The van der Waals surface area contributed by atoms with Gasteiger partial charge in [-0.1, -0.05) is 25.7 Å². The fourth-order valence-corrected chi connectivity index (χ4v) is 2.39. The zero-order valence-electron chi connectivity index (χ0n) is 10.2. The summed E-state index contributed by atoms with van der Waals surface area (Å²) in [7, 11) is 1.61. The maximum absolute atomic E-state index is 9.84. The molecule has 96 valence electrons. The maximum Gasteiger partial charge on any atom is 0.0667 e. The van der Waals surface area contributed by atoms with E-state index in [0.29, 0.717) is 19.1 Å². The predicted molar refractivity (Wildman–Crippen MR) is 63.3 cm³/mol. The van der Waals surface area contributed by atoms with Crippen molar-refractivity contribution in [3.63, 3.8) is 0 Å². The number of aliphatic hydroxyl groups is 2. The van der Waals surface area contributed by atoms with E-state index >= 15 is 0 Å². The van der Waals surface area contributed by atoms with Crippen molar-refractivity contribution >= 4 is 0 Å². The van der Waals surface area contributed by atoms with Gasteiger partial charge >= 0.3 is 0 Å². The van der Waals surface area contributed by atoms with Crippen molar-refractivity contribution < 1.29 is 14.9 Å². The molecule has 1 fully saturated rings. The second-order valence-corrected chi connectivity index (χ2v) is 4.78. The van der Waals surface area contributed by atoms with Gasteiger partial charge in [0.2, 0.25) is 0 Å². The summed E-state index contributed by atoms with van der Waals surface area (Å²) in [5.41, 5.74) is 0. The molecule has 1 saturated carbocycles. The minimum Gasteiger partial charge on any atom is -0.395 e. The third kappa shape index (κ3) is 5.25. The Morgan fingerprint density at radius 3 is 2.62 bits per heavy atom. The van der Waals surface area contributed by atoms with Crippen LogP contribution in [0.2, 0.25) is 0 Å². The van der Waals surface area contributed by atoms with E-state index < -0.39 is 0 Å². The summed E-state index contributed by atoms with van der Waals surface area (Å²) in [6, 6.07) is -0.0665. The van der Waals surface area contributed by atoms with Crippen LogP contribution in [0.5, 0.6) is 0 Å². The molecule has 4 heteroatoms. The van der Waals surface area contributed by atoms with E-state index in [4.69, 9.17) is 9.84 Å². The van der Waals surface area contributed by atoms with Crippen LogP contribution in [0.3, 0.4) is 0 Å². The summed E-state index contributed by atoms with van der Waals surface area (Å²) in [5.74, 6) is 0.701. The van der Waals surface area contributed by atoms with E-state index in [1.807, 2.05) is 0 Å². The molecule has 0 bridgehead atoms. The number of aliphatic hydroxyl groups excluding tert-OH is 2. The summed E-state index contributed by atoms with van der Waals surface area (Å²) in [5, 5.41) is 22.0. The molecule has 1 aliphatic rings. The van der Waals surface area contributed by atoms with Crippen molar-refractivity contribution in [2.75, 3.05) is 26.9 Å². The topological polar surface area (TPSA) is 61.7 Å². The molecule has 0 saturated heterocycles. The standard InChI is InChI=1S/C12H25NO3/c1-16-9-11(8-14)13-7-12(15)6-10-4-2-3-5-10/h10-15H,2-9H2,1H3. The fourth-order valence-electron chi connectivity index (χ4n) is 2.39. The van der Waals surface area contributed by atoms with Gasteiger partial charge in [-0.3, -0.25) is 0 Å². The van der Waals surface area contributed by atoms with Crippen LogP contribution in [0.15, 0.2) is 0 Å². The van der Waals surface area contributed by atoms with Crippen molar-refractivity contribution in [3.05, 3.63) is 0 Å². The molecule has 4 nitrogen and oxygen atoms in total. The number of nitrogens with one attached hydrogen (secondary N) is 1. The van der Waals surface area contributed by atoms with Crippen molar-refractivity contribution in [1.29, 1.82) is 0 Å². The van der Waals surface area contributed by atoms with E-state index in [2.05, 4.69) is 5.32 Å². The molecular weight excluding hydrogens is 206 g/mol. The lowest BCUT2D eigenvalue weighted by atomic mass is 10.00. The second kappa shape index (κ2) is 8.01. The normalized spacial score (nSPS) is 21.2. The van der Waals surface area contributed by atoms with Gasteiger partial charge in [0.25, 0.3) is 0 Å². The first-order valence-electron chi connectivity index (χ1n) is 6.27. The highest BCUT2D eigenvalue weighted by Gasteiger charge is 2.19. The Hall–Kier alpha value is -0.160. The molecule has 0 aromatic carbocycles. The molecule has 0 radical (unpaired) electrons. The SMILES string of the molecule is COCC(CO)NCC(O)CC1CCCC1. The molecule has 0 amide bonds. The molecule has 0 aromatic rings. The Bertz CT molecular complexity index is 172. The number of methoxy groups -OCH3 is 1. The minimum atomic E-state index is -0.297. The van der Waals surface area contributed by atoms with E-state index in [1.54, 1.807) is 7.11 Å². The van der Waals surface area contributed by atoms with Crippen molar-refractivity contribution in [2.24, 2.45) is 5.92 Å². The van der Waals surface area contributed by atoms with Crippen LogP contribution in [0.1, 0.15) is 32.1 Å². The quantitative estimate of drug-likeness (QED) is 0.570. The average molecular weight is 231 g/mol. The molecule has 0 heterocycles. The molecule has 16 heavy (non-hydrogen) atoms. The van der Waals surface area contributed by atoms with Crippen LogP contribution in [0.25, 0.3) is 0 Å². The van der Waals surface area contributed by atoms with Gasteiger partial charge in [-0.15, -0.1) is 0 Å². The van der Waals surface area contributed by atoms with Crippen molar-refractivity contribution in [2.45, 2.75) is 44.2 Å². The largest absolute Gasteiger partial charge is 0.395 e. The lowest BCUT2D eigenvalue weighted by Crippen LogP contribution is -2.41. The second-order valence-electron chi connectivity index (χ2n) is 4.78. The molecule has 2 unspecified atom stereocenters. The molecule has 0 aliphatic heterocycles. The predicted octanol–water partition coefficient (Wildman–Crippen LogP) is 0.524. The highest BCUT2D eigenvalue weighted by atomic mass is 16.5. The zero-order valence-corrected chi connectivity index (χ0v) is 10.2. The number of ether oxygens (including phenoxy) is 1. The summed E-state index contributed by atoms with van der Waals surface area (Å²) in [6.45, 7) is 1.07. The molecule has 0 spiro atoms. The summed E-state index contributed by atoms with van der Waals surface area (Å²) < 4.78 is 4.96. The van der Waals surface area contributed by atoms with Crippen molar-refractivity contribution in [3.8, 4) is 0 Å². The van der Waals surface area contributed by atoms with E-state index in [1.165, 1.54) is 25.7 Å². The smallest absolute Gasteiger partial charge is 0.0667 e. The van der Waals surface area contributed by atoms with E-state index in [0.717, 1.165) is 6.42 Å². The van der Waals surface area contributed by atoms with E-state index in [9.17, 15) is 5.11 Å². The van der Waals surface area contributed by atoms with Crippen LogP contribution in [0.4, 0.5) is 0 Å². The number of hydrogen-bond acceptors (Lipinski definition) is 4. The van der Waals surface area contributed by atoms with Crippen LogP contribution >= 0.6 is 0 Å². The minimum absolute atomic E-state index is 0.0456. The first-order valence-corrected chi connectivity index (χ1v) is 6.27. The Morgan fingerprint density at radius 1 is 1.38 bits per heavy atom. The molecule has 1 rings (SSSR count). The highest BCUT2D eigenvalue weighted by Crippen LogP contribution is 2.28. The molecule has 0 aromatic heterocycles. The van der Waals surface area contributed by atoms with Crippen LogP contribution in [-0.2, 0) is 4.74 Å². The van der Waals surface area contributed by atoms with Gasteiger partial charge in [0, 0.05) is 13.7 Å². The Kier molecular flexibility index (Phi) is 6.96. The summed E-state index contributed by atoms with van der Waals surface area (Å²) >= 11 is 0. The Labute approximate surface area is 98.0 Å². The van der Waals surface area contributed by atoms with Gasteiger partial charge in [-0.2, -0.15) is 0 Å². The first kappa shape index (κ1) is 13.9. The highest BCUT2D eigenvalue weighted by molar-refractivity contribution is 4.74. The van der Waals surface area contributed by atoms with Gasteiger partial charge in [0.1, 0.15) is 0 Å². The van der Waals surface area contributed by atoms with Crippen LogP contribution in [-0.4, -0.2) is 49.2 Å². The molecule has 2 atom stereocenters. The lowest BCUT2D eigenvalue weighted by Gasteiger charge is -2.20. The monoisotopic (exact) mass is 231 g/mol. The van der Waals surface area contributed by atoms with Gasteiger partial charge < -0.3 is 20.3 Å². The van der Waals surface area contributed by atoms with Gasteiger partial charge in [-0.25, -0.2) is 0 Å². The molecule has 3 N–H and O–H groups in total. The lowest BCUT2D eigenvalue weighted by molar-refractivity contribution is 0.102.